The Kier molecular flexibility index (Phi) is 5.10. The van der Waals surface area contributed by atoms with Crippen molar-refractivity contribution in [3.05, 3.63) is 54.4 Å². The molecule has 7 heteroatoms. The number of amides is 2. The number of pyridine rings is 1. The second-order valence-electron chi connectivity index (χ2n) is 5.77. The van der Waals surface area contributed by atoms with Gasteiger partial charge in [0.15, 0.2) is 0 Å². The van der Waals surface area contributed by atoms with Crippen molar-refractivity contribution in [2.75, 3.05) is 13.1 Å². The van der Waals surface area contributed by atoms with E-state index in [-0.39, 0.29) is 24.2 Å². The van der Waals surface area contributed by atoms with E-state index in [0.29, 0.717) is 26.1 Å². The van der Waals surface area contributed by atoms with Crippen LogP contribution in [0.3, 0.4) is 0 Å². The third-order valence-electron chi connectivity index (χ3n) is 3.98. The Bertz CT molecular complexity index is 693. The fourth-order valence-electron chi connectivity index (χ4n) is 2.73. The summed E-state index contributed by atoms with van der Waals surface area (Å²) in [6.07, 6.45) is 9.24. The van der Waals surface area contributed by atoms with Crippen LogP contribution < -0.4 is 5.32 Å². The Morgan fingerprint density at radius 1 is 1.25 bits per heavy atom. The van der Waals surface area contributed by atoms with Gasteiger partial charge in [-0.3, -0.25) is 24.5 Å². The van der Waals surface area contributed by atoms with E-state index in [1.807, 2.05) is 12.1 Å². The first-order valence-electron chi connectivity index (χ1n) is 7.91. The first kappa shape index (κ1) is 16.0. The highest BCUT2D eigenvalue weighted by Gasteiger charge is 2.34. The summed E-state index contributed by atoms with van der Waals surface area (Å²) >= 11 is 0. The summed E-state index contributed by atoms with van der Waals surface area (Å²) in [4.78, 5) is 38.2. The molecule has 0 spiro atoms. The Morgan fingerprint density at radius 2 is 2.12 bits per heavy atom. The molecule has 2 aromatic rings. The summed E-state index contributed by atoms with van der Waals surface area (Å²) in [5.74, 6) is -0.370. The fourth-order valence-corrected chi connectivity index (χ4v) is 2.73. The van der Waals surface area contributed by atoms with Crippen molar-refractivity contribution in [1.29, 1.82) is 0 Å². The maximum absolute atomic E-state index is 12.2. The van der Waals surface area contributed by atoms with Gasteiger partial charge in [0.2, 0.25) is 11.8 Å². The minimum absolute atomic E-state index is 0.00734. The van der Waals surface area contributed by atoms with Crippen molar-refractivity contribution >= 4 is 11.8 Å². The molecule has 24 heavy (non-hydrogen) atoms. The molecular weight excluding hydrogens is 306 g/mol. The van der Waals surface area contributed by atoms with Gasteiger partial charge < -0.3 is 10.2 Å². The van der Waals surface area contributed by atoms with Crippen molar-refractivity contribution in [1.82, 2.24) is 25.2 Å². The summed E-state index contributed by atoms with van der Waals surface area (Å²) in [5.41, 5.74) is 1.80. The van der Waals surface area contributed by atoms with Crippen LogP contribution in [0.15, 0.2) is 43.1 Å². The molecule has 0 aromatic carbocycles. The minimum Gasteiger partial charge on any atom is -0.355 e. The predicted octanol–water partition coefficient (Wildman–Crippen LogP) is 0.579. The second kappa shape index (κ2) is 7.63. The molecule has 1 N–H and O–H groups in total. The Morgan fingerprint density at radius 3 is 2.88 bits per heavy atom. The highest BCUT2D eigenvalue weighted by atomic mass is 16.2. The normalized spacial score (nSPS) is 17.1. The molecule has 0 saturated carbocycles. The van der Waals surface area contributed by atoms with E-state index in [9.17, 15) is 9.59 Å². The molecule has 0 aliphatic carbocycles. The number of aromatic nitrogens is 3. The van der Waals surface area contributed by atoms with E-state index < -0.39 is 0 Å². The van der Waals surface area contributed by atoms with Gasteiger partial charge in [0, 0.05) is 63.5 Å². The zero-order valence-electron chi connectivity index (χ0n) is 13.3. The molecule has 0 bridgehead atoms. The van der Waals surface area contributed by atoms with Crippen LogP contribution in [0.4, 0.5) is 0 Å². The molecule has 1 saturated heterocycles. The first-order valence-corrected chi connectivity index (χ1v) is 7.91. The summed E-state index contributed by atoms with van der Waals surface area (Å²) in [7, 11) is 0. The smallest absolute Gasteiger partial charge is 0.225 e. The van der Waals surface area contributed by atoms with Gasteiger partial charge in [0.05, 0.1) is 11.6 Å². The van der Waals surface area contributed by atoms with Gasteiger partial charge in [-0.05, 0) is 11.6 Å². The van der Waals surface area contributed by atoms with E-state index in [1.54, 1.807) is 35.9 Å². The van der Waals surface area contributed by atoms with E-state index >= 15 is 0 Å². The Hall–Kier alpha value is -2.83. The maximum Gasteiger partial charge on any atom is 0.225 e. The number of nitrogens with one attached hydrogen (secondary N) is 1. The molecule has 1 aliphatic heterocycles. The molecular formula is C17H19N5O2. The highest BCUT2D eigenvalue weighted by molar-refractivity contribution is 5.89. The van der Waals surface area contributed by atoms with Crippen LogP contribution in [0.1, 0.15) is 17.7 Å². The van der Waals surface area contributed by atoms with Crippen LogP contribution >= 0.6 is 0 Å². The molecule has 7 nitrogen and oxygen atoms in total. The standard InChI is InChI=1S/C17H19N5O2/c23-16-8-14(12-22(16)11-13-2-1-4-18-9-13)17(24)21-5-3-15-10-19-6-7-20-15/h1-2,4,6-7,9-10,14H,3,5,8,11-12H2,(H,21,24)/t14-/m0/s1. The number of rotatable bonds is 6. The molecule has 0 radical (unpaired) electrons. The molecule has 1 aliphatic rings. The van der Waals surface area contributed by atoms with Crippen molar-refractivity contribution in [3.63, 3.8) is 0 Å². The first-order chi connectivity index (χ1) is 11.7. The molecule has 1 fully saturated rings. The average molecular weight is 325 g/mol. The quantitative estimate of drug-likeness (QED) is 0.839. The van der Waals surface area contributed by atoms with Gasteiger partial charge in [-0.1, -0.05) is 6.07 Å². The lowest BCUT2D eigenvalue weighted by Crippen LogP contribution is -2.34. The van der Waals surface area contributed by atoms with Gasteiger partial charge in [-0.25, -0.2) is 0 Å². The predicted molar refractivity (Wildman–Crippen MR) is 86.5 cm³/mol. The van der Waals surface area contributed by atoms with Crippen LogP contribution in [0.5, 0.6) is 0 Å². The third-order valence-corrected chi connectivity index (χ3v) is 3.98. The van der Waals surface area contributed by atoms with Crippen LogP contribution in [-0.2, 0) is 22.6 Å². The average Bonchev–Trinajstić information content (AvgIpc) is 2.97. The lowest BCUT2D eigenvalue weighted by atomic mass is 10.1. The van der Waals surface area contributed by atoms with E-state index in [2.05, 4.69) is 20.3 Å². The van der Waals surface area contributed by atoms with Gasteiger partial charge in [-0.15, -0.1) is 0 Å². The number of carbonyl (C=O) groups is 2. The van der Waals surface area contributed by atoms with Crippen molar-refractivity contribution in [2.45, 2.75) is 19.4 Å². The van der Waals surface area contributed by atoms with Gasteiger partial charge >= 0.3 is 0 Å². The summed E-state index contributed by atoms with van der Waals surface area (Å²) < 4.78 is 0. The zero-order chi connectivity index (χ0) is 16.8. The number of nitrogens with zero attached hydrogens (tertiary/aromatic N) is 4. The second-order valence-corrected chi connectivity index (χ2v) is 5.77. The largest absolute Gasteiger partial charge is 0.355 e. The molecule has 2 amide bonds. The molecule has 3 heterocycles. The van der Waals surface area contributed by atoms with Crippen LogP contribution in [0.2, 0.25) is 0 Å². The van der Waals surface area contributed by atoms with Gasteiger partial charge in [0.25, 0.3) is 0 Å². The Labute approximate surface area is 140 Å². The van der Waals surface area contributed by atoms with Gasteiger partial charge in [0.1, 0.15) is 0 Å². The SMILES string of the molecule is O=C(NCCc1cnccn1)[C@H]1CC(=O)N(Cc2cccnc2)C1. The van der Waals surface area contributed by atoms with Crippen molar-refractivity contribution in [3.8, 4) is 0 Å². The zero-order valence-corrected chi connectivity index (χ0v) is 13.3. The number of hydrogen-bond donors (Lipinski definition) is 1. The number of likely N-dealkylation sites (tertiary alicyclic amines) is 1. The molecule has 124 valence electrons. The van der Waals surface area contributed by atoms with Crippen molar-refractivity contribution in [2.24, 2.45) is 5.92 Å². The maximum atomic E-state index is 12.2. The summed E-state index contributed by atoms with van der Waals surface area (Å²) in [6.45, 7) is 1.44. The summed E-state index contributed by atoms with van der Waals surface area (Å²) in [5, 5.41) is 2.88. The monoisotopic (exact) mass is 325 g/mol. The molecule has 3 rings (SSSR count). The number of carbonyl (C=O) groups excluding carboxylic acids is 2. The van der Waals surface area contributed by atoms with Crippen LogP contribution in [0.25, 0.3) is 0 Å². The van der Waals surface area contributed by atoms with Gasteiger partial charge in [-0.2, -0.15) is 0 Å². The van der Waals surface area contributed by atoms with Crippen LogP contribution in [0, 0.1) is 5.92 Å². The molecule has 2 aromatic heterocycles. The molecule has 0 unspecified atom stereocenters. The minimum atomic E-state index is -0.295. The highest BCUT2D eigenvalue weighted by Crippen LogP contribution is 2.20. The molecule has 1 atom stereocenters. The lowest BCUT2D eigenvalue weighted by Gasteiger charge is -2.16. The van der Waals surface area contributed by atoms with Crippen molar-refractivity contribution < 1.29 is 9.59 Å². The Balaban J connectivity index is 1.47. The fraction of sp³-hybridized carbons (Fsp3) is 0.353. The summed E-state index contributed by atoms with van der Waals surface area (Å²) in [6, 6.07) is 3.76. The van der Waals surface area contributed by atoms with E-state index in [4.69, 9.17) is 0 Å². The van der Waals surface area contributed by atoms with E-state index in [1.165, 1.54) is 0 Å². The number of hydrogen-bond acceptors (Lipinski definition) is 5. The topological polar surface area (TPSA) is 88.1 Å². The van der Waals surface area contributed by atoms with Crippen LogP contribution in [-0.4, -0.2) is 44.8 Å². The van der Waals surface area contributed by atoms with E-state index in [0.717, 1.165) is 11.3 Å². The third kappa shape index (κ3) is 4.13. The lowest BCUT2D eigenvalue weighted by molar-refractivity contribution is -0.129.